The summed E-state index contributed by atoms with van der Waals surface area (Å²) in [6.45, 7) is 7.70. The smallest absolute Gasteiger partial charge is 0.244 e. The number of carbonyl (C=O) groups is 1. The van der Waals surface area contributed by atoms with Crippen LogP contribution >= 0.6 is 0 Å². The first-order valence-electron chi connectivity index (χ1n) is 9.59. The zero-order chi connectivity index (χ0) is 21.8. The SMILES string of the molecule is CC[C@@H](C(=O)N[C@@H](C)c1cc(C)ccc1C)N(c1cccc(OC)c1)S(C)(=O)=O. The molecule has 1 N–H and O–H groups in total. The van der Waals surface area contributed by atoms with E-state index in [0.717, 1.165) is 22.9 Å². The normalized spacial score (nSPS) is 13.4. The van der Waals surface area contributed by atoms with Crippen molar-refractivity contribution < 1.29 is 17.9 Å². The van der Waals surface area contributed by atoms with E-state index in [0.29, 0.717) is 17.9 Å². The van der Waals surface area contributed by atoms with Crippen LogP contribution in [0.5, 0.6) is 5.75 Å². The third-order valence-electron chi connectivity index (χ3n) is 4.90. The Balaban J connectivity index is 2.36. The summed E-state index contributed by atoms with van der Waals surface area (Å²) in [5.74, 6) is 0.185. The number of anilines is 1. The van der Waals surface area contributed by atoms with E-state index in [2.05, 4.69) is 5.32 Å². The number of nitrogens with zero attached hydrogens (tertiary/aromatic N) is 1. The second-order valence-corrected chi connectivity index (χ2v) is 9.13. The number of benzene rings is 2. The van der Waals surface area contributed by atoms with Crippen LogP contribution in [0.1, 0.15) is 43.0 Å². The molecule has 0 radical (unpaired) electrons. The van der Waals surface area contributed by atoms with E-state index in [1.54, 1.807) is 31.2 Å². The molecule has 2 aromatic carbocycles. The number of aryl methyl sites for hydroxylation is 2. The number of nitrogens with one attached hydrogen (secondary N) is 1. The van der Waals surface area contributed by atoms with Gasteiger partial charge in [0.25, 0.3) is 0 Å². The Bertz CT molecular complexity index is 973. The van der Waals surface area contributed by atoms with E-state index in [9.17, 15) is 13.2 Å². The van der Waals surface area contributed by atoms with Gasteiger partial charge in [-0.05, 0) is 50.5 Å². The fourth-order valence-corrected chi connectivity index (χ4v) is 4.63. The molecule has 0 aliphatic heterocycles. The van der Waals surface area contributed by atoms with Crippen LogP contribution in [0.3, 0.4) is 0 Å². The predicted octanol–water partition coefficient (Wildman–Crippen LogP) is 3.73. The van der Waals surface area contributed by atoms with E-state index < -0.39 is 16.1 Å². The Kier molecular flexibility index (Phi) is 7.30. The molecule has 2 atom stereocenters. The van der Waals surface area contributed by atoms with Crippen LogP contribution in [0.25, 0.3) is 0 Å². The van der Waals surface area contributed by atoms with Crippen molar-refractivity contribution >= 4 is 21.6 Å². The number of ether oxygens (including phenoxy) is 1. The van der Waals surface area contributed by atoms with Crippen molar-refractivity contribution in [2.75, 3.05) is 17.7 Å². The molecule has 0 spiro atoms. The van der Waals surface area contributed by atoms with Crippen LogP contribution in [0.15, 0.2) is 42.5 Å². The summed E-state index contributed by atoms with van der Waals surface area (Å²) < 4.78 is 31.6. The molecule has 0 saturated heterocycles. The van der Waals surface area contributed by atoms with E-state index >= 15 is 0 Å². The lowest BCUT2D eigenvalue weighted by atomic mass is 9.99. The van der Waals surface area contributed by atoms with Crippen molar-refractivity contribution in [2.24, 2.45) is 0 Å². The molecule has 0 saturated carbocycles. The summed E-state index contributed by atoms with van der Waals surface area (Å²) in [5.41, 5.74) is 3.59. The molecule has 29 heavy (non-hydrogen) atoms. The van der Waals surface area contributed by atoms with Gasteiger partial charge in [-0.2, -0.15) is 0 Å². The third-order valence-corrected chi connectivity index (χ3v) is 6.08. The van der Waals surface area contributed by atoms with Gasteiger partial charge in [-0.3, -0.25) is 9.10 Å². The van der Waals surface area contributed by atoms with Crippen LogP contribution < -0.4 is 14.4 Å². The van der Waals surface area contributed by atoms with Crippen molar-refractivity contribution in [3.63, 3.8) is 0 Å². The van der Waals surface area contributed by atoms with E-state index in [1.807, 2.05) is 39.0 Å². The second-order valence-electron chi connectivity index (χ2n) is 7.27. The first-order chi connectivity index (χ1) is 13.6. The lowest BCUT2D eigenvalue weighted by molar-refractivity contribution is -0.122. The fraction of sp³-hybridized carbons (Fsp3) is 0.409. The highest BCUT2D eigenvalue weighted by atomic mass is 32.2. The predicted molar refractivity (Wildman–Crippen MR) is 117 cm³/mol. The summed E-state index contributed by atoms with van der Waals surface area (Å²) >= 11 is 0. The highest BCUT2D eigenvalue weighted by Gasteiger charge is 2.32. The summed E-state index contributed by atoms with van der Waals surface area (Å²) in [6, 6.07) is 11.7. The Morgan fingerprint density at radius 2 is 1.86 bits per heavy atom. The van der Waals surface area contributed by atoms with Crippen LogP contribution in [0.4, 0.5) is 5.69 Å². The lowest BCUT2D eigenvalue weighted by Gasteiger charge is -2.31. The largest absolute Gasteiger partial charge is 0.497 e. The molecular formula is C22H30N2O4S. The Morgan fingerprint density at radius 3 is 2.45 bits per heavy atom. The number of hydrogen-bond acceptors (Lipinski definition) is 4. The Morgan fingerprint density at radius 1 is 1.17 bits per heavy atom. The molecule has 0 heterocycles. The molecule has 0 unspecified atom stereocenters. The maximum Gasteiger partial charge on any atom is 0.244 e. The zero-order valence-electron chi connectivity index (χ0n) is 17.9. The second kappa shape index (κ2) is 9.31. The van der Waals surface area contributed by atoms with Crippen molar-refractivity contribution in [3.05, 3.63) is 59.2 Å². The molecule has 7 heteroatoms. The van der Waals surface area contributed by atoms with E-state index in [-0.39, 0.29) is 11.9 Å². The van der Waals surface area contributed by atoms with Crippen LogP contribution in [-0.2, 0) is 14.8 Å². The van der Waals surface area contributed by atoms with Crippen LogP contribution in [-0.4, -0.2) is 33.7 Å². The molecule has 158 valence electrons. The first kappa shape index (κ1) is 22.7. The average molecular weight is 419 g/mol. The fourth-order valence-electron chi connectivity index (χ4n) is 3.42. The number of rotatable bonds is 8. The van der Waals surface area contributed by atoms with E-state index in [4.69, 9.17) is 4.74 Å². The Hall–Kier alpha value is -2.54. The van der Waals surface area contributed by atoms with Crippen molar-refractivity contribution in [2.45, 2.75) is 46.2 Å². The maximum absolute atomic E-state index is 13.1. The van der Waals surface area contributed by atoms with Gasteiger partial charge in [-0.1, -0.05) is 36.8 Å². The first-order valence-corrected chi connectivity index (χ1v) is 11.4. The topological polar surface area (TPSA) is 75.7 Å². The summed E-state index contributed by atoms with van der Waals surface area (Å²) in [7, 11) is -2.18. The van der Waals surface area contributed by atoms with Crippen molar-refractivity contribution in [1.82, 2.24) is 5.32 Å². The molecule has 2 rings (SSSR count). The summed E-state index contributed by atoms with van der Waals surface area (Å²) in [4.78, 5) is 13.1. The third kappa shape index (κ3) is 5.50. The average Bonchev–Trinajstić information content (AvgIpc) is 2.66. The van der Waals surface area contributed by atoms with Gasteiger partial charge in [0.05, 0.1) is 25.1 Å². The molecule has 0 fully saturated rings. The van der Waals surface area contributed by atoms with Gasteiger partial charge in [0.15, 0.2) is 0 Å². The highest BCUT2D eigenvalue weighted by Crippen LogP contribution is 2.27. The van der Waals surface area contributed by atoms with Crippen molar-refractivity contribution in [3.8, 4) is 5.75 Å². The van der Waals surface area contributed by atoms with Gasteiger partial charge >= 0.3 is 0 Å². The number of sulfonamides is 1. The van der Waals surface area contributed by atoms with Crippen LogP contribution in [0, 0.1) is 13.8 Å². The molecular weight excluding hydrogens is 388 g/mol. The summed E-state index contributed by atoms with van der Waals surface area (Å²) in [6.07, 6.45) is 1.44. The monoisotopic (exact) mass is 418 g/mol. The lowest BCUT2D eigenvalue weighted by Crippen LogP contribution is -2.49. The minimum atomic E-state index is -3.70. The van der Waals surface area contributed by atoms with Crippen LogP contribution in [0.2, 0.25) is 0 Å². The molecule has 0 aliphatic carbocycles. The van der Waals surface area contributed by atoms with Crippen molar-refractivity contribution in [1.29, 1.82) is 0 Å². The molecule has 0 aromatic heterocycles. The quantitative estimate of drug-likeness (QED) is 0.709. The number of methoxy groups -OCH3 is 1. The Labute approximate surface area is 173 Å². The maximum atomic E-state index is 13.1. The minimum Gasteiger partial charge on any atom is -0.497 e. The number of carbonyl (C=O) groups excluding carboxylic acids is 1. The van der Waals surface area contributed by atoms with E-state index in [1.165, 1.54) is 11.4 Å². The van der Waals surface area contributed by atoms with Gasteiger partial charge in [0.2, 0.25) is 15.9 Å². The minimum absolute atomic E-state index is 0.247. The molecule has 2 aromatic rings. The van der Waals surface area contributed by atoms with Gasteiger partial charge < -0.3 is 10.1 Å². The zero-order valence-corrected chi connectivity index (χ0v) is 18.7. The molecule has 0 aliphatic rings. The molecule has 1 amide bonds. The van der Waals surface area contributed by atoms with Gasteiger partial charge in [0, 0.05) is 6.07 Å². The standard InChI is InChI=1S/C22H30N2O4S/c1-7-21(22(25)23-17(4)20-13-15(2)11-12-16(20)3)24(29(6,26)27)18-9-8-10-19(14-18)28-5/h8-14,17,21H,7H2,1-6H3,(H,23,25)/t17-,21-/m0/s1. The summed E-state index contributed by atoms with van der Waals surface area (Å²) in [5, 5.41) is 2.99. The van der Waals surface area contributed by atoms with Gasteiger partial charge in [-0.25, -0.2) is 8.42 Å². The van der Waals surface area contributed by atoms with Gasteiger partial charge in [-0.15, -0.1) is 0 Å². The molecule has 6 nitrogen and oxygen atoms in total. The van der Waals surface area contributed by atoms with Gasteiger partial charge in [0.1, 0.15) is 11.8 Å². The highest BCUT2D eigenvalue weighted by molar-refractivity contribution is 7.92. The number of amides is 1. The number of hydrogen-bond donors (Lipinski definition) is 1. The molecule has 0 bridgehead atoms.